The average molecular weight is 446 g/mol. The summed E-state index contributed by atoms with van der Waals surface area (Å²) in [5, 5.41) is 0.506. The van der Waals surface area contributed by atoms with Crippen LogP contribution < -0.4 is 0 Å². The number of fused-ring (bicyclic) bond motifs is 1. The molecular weight excluding hydrogens is 437 g/mol. The molecule has 12 heteroatoms. The van der Waals surface area contributed by atoms with Gasteiger partial charge in [0.05, 0.1) is 5.56 Å². The maximum atomic E-state index is 13.8. The molecule has 0 saturated carbocycles. The van der Waals surface area contributed by atoms with Gasteiger partial charge in [-0.3, -0.25) is 0 Å². The number of alkyl halides is 6. The van der Waals surface area contributed by atoms with Crippen molar-refractivity contribution >= 4 is 30.7 Å². The highest BCUT2D eigenvalue weighted by Crippen LogP contribution is 2.54. The fraction of sp³-hybridized carbons (Fsp3) is 0.125. The van der Waals surface area contributed by atoms with Gasteiger partial charge < -0.3 is 4.55 Å². The third-order valence-electron chi connectivity index (χ3n) is 3.30. The Bertz CT molecular complexity index is 1080. The van der Waals surface area contributed by atoms with E-state index in [0.717, 1.165) is 0 Å². The van der Waals surface area contributed by atoms with Crippen LogP contribution >= 0.6 is 10.5 Å². The Kier molecular flexibility index (Phi) is 6.07. The fourth-order valence-corrected chi connectivity index (χ4v) is 4.15. The number of halogens is 7. The molecule has 28 heavy (non-hydrogen) atoms. The Balaban J connectivity index is 0.000000300. The van der Waals surface area contributed by atoms with Crippen molar-refractivity contribution in [1.82, 2.24) is 0 Å². The van der Waals surface area contributed by atoms with Crippen molar-refractivity contribution in [1.29, 1.82) is 0 Å². The number of rotatable bonds is 1. The lowest BCUT2D eigenvalue weighted by molar-refractivity contribution is -0.0864. The number of benzene rings is 2. The molecule has 0 saturated heterocycles. The second-order valence-electron chi connectivity index (χ2n) is 5.18. The maximum Gasteiger partial charge on any atom is 0.601 e. The summed E-state index contributed by atoms with van der Waals surface area (Å²) in [5.41, 5.74) is -10.0. The van der Waals surface area contributed by atoms with Crippen LogP contribution in [0.15, 0.2) is 54.6 Å². The van der Waals surface area contributed by atoms with E-state index in [1.165, 1.54) is 30.3 Å². The van der Waals surface area contributed by atoms with Crippen molar-refractivity contribution < 1.29 is 43.7 Å². The number of thiophene rings is 1. The molecule has 3 nitrogen and oxygen atoms in total. The van der Waals surface area contributed by atoms with Gasteiger partial charge in [0.15, 0.2) is 19.7 Å². The van der Waals surface area contributed by atoms with E-state index >= 15 is 0 Å². The Hall–Kier alpha value is -2.18. The van der Waals surface area contributed by atoms with Crippen molar-refractivity contribution in [2.75, 3.05) is 0 Å². The van der Waals surface area contributed by atoms with E-state index < -0.39 is 37.4 Å². The van der Waals surface area contributed by atoms with Gasteiger partial charge in [0.25, 0.3) is 0 Å². The van der Waals surface area contributed by atoms with Crippen molar-refractivity contribution in [3.63, 3.8) is 0 Å². The average Bonchev–Trinajstić information content (AvgIpc) is 2.93. The van der Waals surface area contributed by atoms with Gasteiger partial charge in [0.1, 0.15) is 16.3 Å². The minimum absolute atomic E-state index is 0.00296. The van der Waals surface area contributed by atoms with E-state index in [-0.39, 0.29) is 15.1 Å². The largest absolute Gasteiger partial charge is 0.741 e. The van der Waals surface area contributed by atoms with Crippen LogP contribution in [-0.2, 0) is 15.6 Å². The molecule has 0 bridgehead atoms. The zero-order valence-corrected chi connectivity index (χ0v) is 15.0. The normalized spacial score (nSPS) is 13.2. The van der Waals surface area contributed by atoms with E-state index in [2.05, 4.69) is 0 Å². The highest BCUT2D eigenvalue weighted by atomic mass is 32.2. The lowest BCUT2D eigenvalue weighted by Gasteiger charge is -2.08. The fourth-order valence-electron chi connectivity index (χ4n) is 2.20. The molecule has 0 aliphatic heterocycles. The Morgan fingerprint density at radius 1 is 0.857 bits per heavy atom. The van der Waals surface area contributed by atoms with Gasteiger partial charge >= 0.3 is 11.0 Å². The van der Waals surface area contributed by atoms with Crippen LogP contribution in [0.25, 0.3) is 20.5 Å². The molecule has 0 spiro atoms. The summed E-state index contributed by atoms with van der Waals surface area (Å²) in [6.45, 7) is 0. The van der Waals surface area contributed by atoms with Gasteiger partial charge in [-0.2, -0.15) is 13.2 Å². The predicted octanol–water partition coefficient (Wildman–Crippen LogP) is 5.92. The smallest absolute Gasteiger partial charge is 0.601 e. The van der Waals surface area contributed by atoms with Crippen LogP contribution in [0.2, 0.25) is 0 Å². The van der Waals surface area contributed by atoms with Crippen molar-refractivity contribution in [2.24, 2.45) is 0 Å². The number of hydrogen-bond acceptors (Lipinski definition) is 3. The number of hydrogen-bond donors (Lipinski definition) is 0. The summed E-state index contributed by atoms with van der Waals surface area (Å²) in [7, 11) is -8.19. The zero-order chi connectivity index (χ0) is 21.3. The van der Waals surface area contributed by atoms with E-state index in [1.54, 1.807) is 24.3 Å². The second-order valence-corrected chi connectivity index (χ2v) is 8.50. The second kappa shape index (κ2) is 7.68. The van der Waals surface area contributed by atoms with Gasteiger partial charge in [-0.25, -0.2) is 12.8 Å². The van der Waals surface area contributed by atoms with Crippen LogP contribution in [0.5, 0.6) is 0 Å². The summed E-state index contributed by atoms with van der Waals surface area (Å²) >= 11 is 0. The molecular formula is C16H9F7O3S2. The van der Waals surface area contributed by atoms with E-state index in [4.69, 9.17) is 13.0 Å². The van der Waals surface area contributed by atoms with Crippen LogP contribution in [0.4, 0.5) is 30.7 Å². The third-order valence-corrected chi connectivity index (χ3v) is 5.92. The third kappa shape index (κ3) is 4.80. The maximum absolute atomic E-state index is 13.8. The lowest BCUT2D eigenvalue weighted by atomic mass is 10.1. The zero-order valence-electron chi connectivity index (χ0n) is 13.4. The molecule has 2 aromatic carbocycles. The first-order valence-corrected chi connectivity index (χ1v) is 9.75. The van der Waals surface area contributed by atoms with Crippen molar-refractivity contribution in [2.45, 2.75) is 11.0 Å². The van der Waals surface area contributed by atoms with Gasteiger partial charge in [0, 0.05) is 11.5 Å². The first-order chi connectivity index (χ1) is 12.7. The van der Waals surface area contributed by atoms with Crippen LogP contribution in [0, 0.1) is 5.82 Å². The van der Waals surface area contributed by atoms with Crippen LogP contribution in [0.3, 0.4) is 0 Å². The highest BCUT2D eigenvalue weighted by Gasteiger charge is 2.48. The van der Waals surface area contributed by atoms with Crippen molar-refractivity contribution in [3.05, 3.63) is 60.4 Å². The summed E-state index contributed by atoms with van der Waals surface area (Å²) < 4.78 is 113. The Morgan fingerprint density at radius 3 is 1.86 bits per heavy atom. The van der Waals surface area contributed by atoms with Crippen molar-refractivity contribution in [3.8, 4) is 10.4 Å². The molecule has 1 aromatic heterocycles. The topological polar surface area (TPSA) is 57.2 Å². The Labute approximate surface area is 156 Å². The summed E-state index contributed by atoms with van der Waals surface area (Å²) in [5.74, 6) is -0.631. The van der Waals surface area contributed by atoms with Gasteiger partial charge in [-0.05, 0) is 24.3 Å². The van der Waals surface area contributed by atoms with Gasteiger partial charge in [-0.15, -0.1) is 13.2 Å². The highest BCUT2D eigenvalue weighted by molar-refractivity contribution is 7.86. The molecule has 3 rings (SSSR count). The van der Waals surface area contributed by atoms with E-state index in [0.29, 0.717) is 5.39 Å². The molecule has 1 unspecified atom stereocenters. The van der Waals surface area contributed by atoms with Crippen LogP contribution in [-0.4, -0.2) is 18.5 Å². The quantitative estimate of drug-likeness (QED) is 0.202. The molecule has 0 radical (unpaired) electrons. The summed E-state index contributed by atoms with van der Waals surface area (Å²) in [6, 6.07) is 13.3. The monoisotopic (exact) mass is 446 g/mol. The molecule has 152 valence electrons. The summed E-state index contributed by atoms with van der Waals surface area (Å²) in [6.07, 6.45) is 0. The van der Waals surface area contributed by atoms with Gasteiger partial charge in [-0.1, -0.05) is 24.3 Å². The SMILES string of the molecule is Fc1ccccc1-c1cc2ccccc2[s+]1C(F)(F)F.O=S(=O)([O-])C(F)(F)F. The first kappa shape index (κ1) is 22.1. The molecule has 0 aliphatic rings. The molecule has 0 fully saturated rings. The molecule has 0 N–H and O–H groups in total. The predicted molar refractivity (Wildman–Crippen MR) is 88.9 cm³/mol. The summed E-state index contributed by atoms with van der Waals surface area (Å²) in [4.78, 5) is -0.00296. The van der Waals surface area contributed by atoms with E-state index in [9.17, 15) is 30.7 Å². The minimum atomic E-state index is -6.09. The lowest BCUT2D eigenvalue weighted by Crippen LogP contribution is -2.21. The van der Waals surface area contributed by atoms with Gasteiger partial charge in [0.2, 0.25) is 0 Å². The molecule has 1 heterocycles. The Morgan fingerprint density at radius 2 is 1.36 bits per heavy atom. The molecule has 0 aliphatic carbocycles. The van der Waals surface area contributed by atoms with E-state index in [1.807, 2.05) is 0 Å². The molecule has 0 amide bonds. The minimum Gasteiger partial charge on any atom is -0.741 e. The standard InChI is InChI=1S/C15H9F4S.CHF3O3S/c16-12-7-3-2-6-11(12)14-9-10-5-1-4-8-13(10)20(14)15(17,18)19;2-1(3,4)8(5,6)7/h1-9H;(H,5,6,7)/q+1;/p-1. The molecule has 1 atom stereocenters. The molecule has 3 aromatic rings. The van der Waals surface area contributed by atoms with Crippen LogP contribution in [0.1, 0.15) is 0 Å². The first-order valence-electron chi connectivity index (χ1n) is 7.12.